The van der Waals surface area contributed by atoms with Crippen molar-refractivity contribution in [3.63, 3.8) is 0 Å². The summed E-state index contributed by atoms with van der Waals surface area (Å²) < 4.78 is 38.9. The van der Waals surface area contributed by atoms with E-state index in [2.05, 4.69) is 9.88 Å². The smallest absolute Gasteiger partial charge is 0.348 e. The van der Waals surface area contributed by atoms with E-state index in [-0.39, 0.29) is 0 Å². The van der Waals surface area contributed by atoms with Gasteiger partial charge in [-0.1, -0.05) is 11.3 Å². The molecule has 0 spiro atoms. The summed E-state index contributed by atoms with van der Waals surface area (Å²) in [5.74, 6) is 1.34. The first-order valence-electron chi connectivity index (χ1n) is 7.26. The summed E-state index contributed by atoms with van der Waals surface area (Å²) in [5.41, 5.74) is 0.0203. The summed E-state index contributed by atoms with van der Waals surface area (Å²) >= 11 is 7.11. The Balaban J connectivity index is 1.78. The quantitative estimate of drug-likeness (QED) is 0.712. The Bertz CT molecular complexity index is 648. The average Bonchev–Trinajstić information content (AvgIpc) is 2.90. The van der Waals surface area contributed by atoms with Crippen LogP contribution < -0.4 is 4.90 Å². The second-order valence-corrected chi connectivity index (χ2v) is 6.97. The minimum absolute atomic E-state index is 0.590. The van der Waals surface area contributed by atoms with Gasteiger partial charge in [-0.15, -0.1) is 11.6 Å². The Morgan fingerprint density at radius 2 is 2.00 bits per heavy atom. The third-order valence-corrected chi connectivity index (χ3v) is 5.40. The van der Waals surface area contributed by atoms with Crippen LogP contribution in [-0.4, -0.2) is 24.0 Å². The molecule has 0 N–H and O–H groups in total. The molecule has 0 atom stereocenters. The normalized spacial score (nSPS) is 17.4. The maximum Gasteiger partial charge on any atom is 0.416 e. The van der Waals surface area contributed by atoms with Gasteiger partial charge in [0.2, 0.25) is 0 Å². The van der Waals surface area contributed by atoms with Crippen molar-refractivity contribution in [3.8, 4) is 0 Å². The summed E-state index contributed by atoms with van der Waals surface area (Å²) in [4.78, 5) is 6.65. The lowest BCUT2D eigenvalue weighted by Gasteiger charge is -2.31. The molecule has 2 nitrogen and oxygen atoms in total. The first-order chi connectivity index (χ1) is 10.5. The molecule has 1 aromatic carbocycles. The minimum atomic E-state index is -4.31. The molecule has 2 heterocycles. The fourth-order valence-electron chi connectivity index (χ4n) is 2.79. The van der Waals surface area contributed by atoms with E-state index in [4.69, 9.17) is 11.6 Å². The highest BCUT2D eigenvalue weighted by atomic mass is 35.5. The van der Waals surface area contributed by atoms with Crippen molar-refractivity contribution in [3.05, 3.63) is 23.8 Å². The molecule has 0 amide bonds. The molecule has 0 radical (unpaired) electrons. The maximum atomic E-state index is 12.8. The SMILES string of the molecule is FC(F)(F)c1ccc2nc(N3CCC(CCCl)CC3)sc2c1. The molecular formula is C15H16ClF3N2S. The van der Waals surface area contributed by atoms with Crippen molar-refractivity contribution in [2.24, 2.45) is 5.92 Å². The molecule has 2 aromatic rings. The fourth-order valence-corrected chi connectivity index (χ4v) is 4.16. The molecule has 1 fully saturated rings. The average molecular weight is 349 g/mol. The molecule has 1 saturated heterocycles. The topological polar surface area (TPSA) is 16.1 Å². The first-order valence-corrected chi connectivity index (χ1v) is 8.61. The number of nitrogens with zero attached hydrogens (tertiary/aromatic N) is 2. The van der Waals surface area contributed by atoms with Crippen LogP contribution in [0.5, 0.6) is 0 Å². The highest BCUT2D eigenvalue weighted by molar-refractivity contribution is 7.22. The van der Waals surface area contributed by atoms with Gasteiger partial charge in [0.1, 0.15) is 0 Å². The van der Waals surface area contributed by atoms with Crippen LogP contribution in [0.1, 0.15) is 24.8 Å². The van der Waals surface area contributed by atoms with Crippen LogP contribution in [0.15, 0.2) is 18.2 Å². The Morgan fingerprint density at radius 1 is 1.27 bits per heavy atom. The highest BCUT2D eigenvalue weighted by Crippen LogP contribution is 2.36. The standard InChI is InChI=1S/C15H16ClF3N2S/c16-6-3-10-4-7-21(8-5-10)14-20-12-2-1-11(15(17,18)19)9-13(12)22-14/h1-2,9-10H,3-8H2. The summed E-state index contributed by atoms with van der Waals surface area (Å²) in [6.45, 7) is 1.79. The summed E-state index contributed by atoms with van der Waals surface area (Å²) in [6.07, 6.45) is -1.14. The predicted octanol–water partition coefficient (Wildman–Crippen LogP) is 5.16. The second kappa shape index (κ2) is 6.24. The molecule has 0 unspecified atom stereocenters. The molecule has 3 rings (SSSR count). The Morgan fingerprint density at radius 3 is 2.64 bits per heavy atom. The monoisotopic (exact) mass is 348 g/mol. The lowest BCUT2D eigenvalue weighted by molar-refractivity contribution is -0.137. The van der Waals surface area contributed by atoms with E-state index >= 15 is 0 Å². The number of benzene rings is 1. The van der Waals surface area contributed by atoms with Gasteiger partial charge in [0.15, 0.2) is 5.13 Å². The van der Waals surface area contributed by atoms with Crippen molar-refractivity contribution < 1.29 is 13.2 Å². The largest absolute Gasteiger partial charge is 0.416 e. The molecule has 120 valence electrons. The number of thiazole rings is 1. The number of piperidine rings is 1. The van der Waals surface area contributed by atoms with E-state index in [1.165, 1.54) is 23.5 Å². The number of fused-ring (bicyclic) bond motifs is 1. The Hall–Kier alpha value is -1.01. The molecule has 0 aliphatic carbocycles. The van der Waals surface area contributed by atoms with E-state index in [1.54, 1.807) is 0 Å². The van der Waals surface area contributed by atoms with Crippen molar-refractivity contribution in [1.29, 1.82) is 0 Å². The molecule has 7 heteroatoms. The van der Waals surface area contributed by atoms with E-state index in [9.17, 15) is 13.2 Å². The van der Waals surface area contributed by atoms with Gasteiger partial charge in [-0.05, 0) is 43.4 Å². The highest BCUT2D eigenvalue weighted by Gasteiger charge is 2.31. The van der Waals surface area contributed by atoms with Gasteiger partial charge < -0.3 is 4.90 Å². The number of halogens is 4. The number of alkyl halides is 4. The minimum Gasteiger partial charge on any atom is -0.348 e. The summed E-state index contributed by atoms with van der Waals surface area (Å²) in [7, 11) is 0. The van der Waals surface area contributed by atoms with Crippen LogP contribution in [0, 0.1) is 5.92 Å². The zero-order valence-corrected chi connectivity index (χ0v) is 13.4. The third kappa shape index (κ3) is 3.33. The first kappa shape index (κ1) is 15.9. The number of hydrogen-bond donors (Lipinski definition) is 0. The predicted molar refractivity (Wildman–Crippen MR) is 84.9 cm³/mol. The van der Waals surface area contributed by atoms with Crippen LogP contribution in [0.3, 0.4) is 0 Å². The number of aromatic nitrogens is 1. The van der Waals surface area contributed by atoms with Gasteiger partial charge in [-0.2, -0.15) is 13.2 Å². The zero-order valence-electron chi connectivity index (χ0n) is 11.9. The van der Waals surface area contributed by atoms with Crippen molar-refractivity contribution in [2.75, 3.05) is 23.9 Å². The van der Waals surface area contributed by atoms with Crippen molar-refractivity contribution in [1.82, 2.24) is 4.98 Å². The van der Waals surface area contributed by atoms with Gasteiger partial charge >= 0.3 is 6.18 Å². The van der Waals surface area contributed by atoms with Gasteiger partial charge in [0.05, 0.1) is 15.8 Å². The van der Waals surface area contributed by atoms with Crippen LogP contribution in [0.25, 0.3) is 10.2 Å². The van der Waals surface area contributed by atoms with Gasteiger partial charge in [0, 0.05) is 19.0 Å². The molecule has 1 aromatic heterocycles. The number of hydrogen-bond acceptors (Lipinski definition) is 3. The third-order valence-electron chi connectivity index (χ3n) is 4.11. The molecule has 22 heavy (non-hydrogen) atoms. The molecule has 1 aliphatic rings. The number of anilines is 1. The molecule has 0 bridgehead atoms. The van der Waals surface area contributed by atoms with Crippen LogP contribution in [0.2, 0.25) is 0 Å². The summed E-state index contributed by atoms with van der Waals surface area (Å²) in [5, 5.41) is 0.818. The van der Waals surface area contributed by atoms with Crippen LogP contribution >= 0.6 is 22.9 Å². The van der Waals surface area contributed by atoms with Gasteiger partial charge in [0.25, 0.3) is 0 Å². The van der Waals surface area contributed by atoms with Crippen molar-refractivity contribution >= 4 is 38.3 Å². The zero-order chi connectivity index (χ0) is 15.7. The Kier molecular flexibility index (Phi) is 4.50. The summed E-state index contributed by atoms with van der Waals surface area (Å²) in [6, 6.07) is 3.74. The van der Waals surface area contributed by atoms with E-state index in [0.717, 1.165) is 43.5 Å². The van der Waals surface area contributed by atoms with E-state index in [0.29, 0.717) is 22.0 Å². The van der Waals surface area contributed by atoms with E-state index < -0.39 is 11.7 Å². The van der Waals surface area contributed by atoms with Crippen LogP contribution in [0.4, 0.5) is 18.3 Å². The Labute approximate surface area is 135 Å². The fraction of sp³-hybridized carbons (Fsp3) is 0.533. The van der Waals surface area contributed by atoms with E-state index in [1.807, 2.05) is 0 Å². The second-order valence-electron chi connectivity index (χ2n) is 5.58. The number of rotatable bonds is 3. The lowest BCUT2D eigenvalue weighted by Crippen LogP contribution is -2.33. The molecule has 0 saturated carbocycles. The van der Waals surface area contributed by atoms with Crippen molar-refractivity contribution in [2.45, 2.75) is 25.4 Å². The van der Waals surface area contributed by atoms with Crippen LogP contribution in [-0.2, 0) is 6.18 Å². The maximum absolute atomic E-state index is 12.8. The lowest BCUT2D eigenvalue weighted by atomic mass is 9.95. The van der Waals surface area contributed by atoms with Gasteiger partial charge in [-0.25, -0.2) is 4.98 Å². The molecular weight excluding hydrogens is 333 g/mol. The molecule has 1 aliphatic heterocycles. The van der Waals surface area contributed by atoms with Gasteiger partial charge in [-0.3, -0.25) is 0 Å².